The second-order valence-corrected chi connectivity index (χ2v) is 10.8. The van der Waals surface area contributed by atoms with Gasteiger partial charge in [-0.25, -0.2) is 8.78 Å². The zero-order chi connectivity index (χ0) is 29.6. The fourth-order valence-corrected chi connectivity index (χ4v) is 6.43. The van der Waals surface area contributed by atoms with Gasteiger partial charge in [-0.15, -0.1) is 0 Å². The Morgan fingerprint density at radius 1 is 0.341 bits per heavy atom. The molecule has 0 amide bonds. The highest BCUT2D eigenvalue weighted by atomic mass is 19.1. The average molecular weight is 573 g/mol. The summed E-state index contributed by atoms with van der Waals surface area (Å²) in [5.74, 6) is -0.657. The Morgan fingerprint density at radius 2 is 0.636 bits per heavy atom. The Kier molecular flexibility index (Phi) is 6.20. The summed E-state index contributed by atoms with van der Waals surface area (Å²) in [5.41, 5.74) is 4.30. The van der Waals surface area contributed by atoms with Gasteiger partial charge in [-0.05, 0) is 82.2 Å². The van der Waals surface area contributed by atoms with Crippen molar-refractivity contribution >= 4 is 66.4 Å². The number of anilines is 6. The minimum absolute atomic E-state index is 0.329. The lowest BCUT2D eigenvalue weighted by atomic mass is 9.91. The van der Waals surface area contributed by atoms with Crippen molar-refractivity contribution < 1.29 is 8.78 Å². The van der Waals surface area contributed by atoms with E-state index >= 15 is 8.78 Å². The van der Waals surface area contributed by atoms with E-state index in [0.717, 1.165) is 55.1 Å². The van der Waals surface area contributed by atoms with Crippen molar-refractivity contribution in [3.8, 4) is 0 Å². The molecule has 0 atom stereocenters. The highest BCUT2D eigenvalue weighted by Gasteiger charge is 2.26. The number of benzene rings is 8. The molecule has 0 spiro atoms. The molecule has 0 unspecified atom stereocenters. The molecule has 0 heterocycles. The van der Waals surface area contributed by atoms with Crippen LogP contribution in [0.5, 0.6) is 0 Å². The second-order valence-electron chi connectivity index (χ2n) is 10.8. The first-order chi connectivity index (χ1) is 21.7. The third kappa shape index (κ3) is 4.15. The highest BCUT2D eigenvalue weighted by Crippen LogP contribution is 2.49. The second kappa shape index (κ2) is 10.5. The van der Waals surface area contributed by atoms with E-state index in [9.17, 15) is 0 Å². The minimum Gasteiger partial charge on any atom is -0.307 e. The first-order valence-corrected chi connectivity index (χ1v) is 14.6. The Balaban J connectivity index is 1.47. The first-order valence-electron chi connectivity index (χ1n) is 14.6. The van der Waals surface area contributed by atoms with Gasteiger partial charge in [-0.1, -0.05) is 97.1 Å². The van der Waals surface area contributed by atoms with Crippen LogP contribution in [0.3, 0.4) is 0 Å². The lowest BCUT2D eigenvalue weighted by Gasteiger charge is -2.30. The molecule has 0 saturated heterocycles. The van der Waals surface area contributed by atoms with E-state index in [0.29, 0.717) is 11.4 Å². The quantitative estimate of drug-likeness (QED) is 0.183. The van der Waals surface area contributed by atoms with E-state index in [1.54, 1.807) is 12.1 Å². The predicted octanol–water partition coefficient (Wildman–Crippen LogP) is 11.8. The summed E-state index contributed by atoms with van der Waals surface area (Å²) in [4.78, 5) is 3.92. The highest BCUT2D eigenvalue weighted by molar-refractivity contribution is 6.28. The predicted molar refractivity (Wildman–Crippen MR) is 179 cm³/mol. The molecule has 0 aliphatic heterocycles. The zero-order valence-electron chi connectivity index (χ0n) is 23.7. The van der Waals surface area contributed by atoms with Crippen LogP contribution in [0.2, 0.25) is 0 Å². The Morgan fingerprint density at radius 3 is 0.932 bits per heavy atom. The molecular weight excluding hydrogens is 546 g/mol. The van der Waals surface area contributed by atoms with E-state index in [2.05, 4.69) is 0 Å². The van der Waals surface area contributed by atoms with Gasteiger partial charge in [-0.2, -0.15) is 0 Å². The van der Waals surface area contributed by atoms with Gasteiger partial charge in [0.25, 0.3) is 0 Å². The third-order valence-corrected chi connectivity index (χ3v) is 8.26. The van der Waals surface area contributed by atoms with Gasteiger partial charge in [0.1, 0.15) is 11.6 Å². The van der Waals surface area contributed by atoms with E-state index in [1.165, 1.54) is 0 Å². The normalized spacial score (nSPS) is 11.4. The van der Waals surface area contributed by atoms with Crippen molar-refractivity contribution in [2.24, 2.45) is 0 Å². The standard InChI is InChI=1S/C40H26F2N2/c41-35-25-27-21-22-28-26-36(42)40(44(31-17-9-3-10-18-31)32-19-11-4-12-20-32)34-24-23-33(37(27)38(28)34)39(35)43(29-13-5-1-6-14-29)30-15-7-2-8-16-30/h1-26H. The Hall–Kier alpha value is -5.74. The molecular formula is C40H26F2N2. The molecule has 8 rings (SSSR count). The molecule has 44 heavy (non-hydrogen) atoms. The Labute approximate surface area is 254 Å². The summed E-state index contributed by atoms with van der Waals surface area (Å²) >= 11 is 0. The van der Waals surface area contributed by atoms with Crippen molar-refractivity contribution in [3.05, 3.63) is 169 Å². The molecule has 0 bridgehead atoms. The molecule has 0 fully saturated rings. The van der Waals surface area contributed by atoms with Crippen molar-refractivity contribution in [1.82, 2.24) is 0 Å². The van der Waals surface area contributed by atoms with Gasteiger partial charge in [0, 0.05) is 33.5 Å². The maximum absolute atomic E-state index is 16.4. The summed E-state index contributed by atoms with van der Waals surface area (Å²) in [6.45, 7) is 0. The van der Waals surface area contributed by atoms with Crippen LogP contribution in [0, 0.1) is 11.6 Å². The molecule has 0 aliphatic rings. The summed E-state index contributed by atoms with van der Waals surface area (Å²) in [7, 11) is 0. The van der Waals surface area contributed by atoms with Gasteiger partial charge in [-0.3, -0.25) is 0 Å². The number of para-hydroxylation sites is 4. The third-order valence-electron chi connectivity index (χ3n) is 8.26. The Bertz CT molecular complexity index is 2000. The van der Waals surface area contributed by atoms with E-state index in [-0.39, 0.29) is 11.6 Å². The molecule has 0 N–H and O–H groups in total. The summed E-state index contributed by atoms with van der Waals surface area (Å²) in [6, 6.07) is 50.2. The molecule has 0 saturated carbocycles. The number of nitrogens with zero attached hydrogens (tertiary/aromatic N) is 2. The average Bonchev–Trinajstić information content (AvgIpc) is 3.08. The number of hydrogen-bond donors (Lipinski definition) is 0. The van der Waals surface area contributed by atoms with Crippen LogP contribution < -0.4 is 9.80 Å². The van der Waals surface area contributed by atoms with Gasteiger partial charge >= 0.3 is 0 Å². The maximum Gasteiger partial charge on any atom is 0.148 e. The van der Waals surface area contributed by atoms with Crippen LogP contribution in [-0.4, -0.2) is 0 Å². The summed E-state index contributed by atoms with van der Waals surface area (Å²) < 4.78 is 32.8. The van der Waals surface area contributed by atoms with Gasteiger partial charge < -0.3 is 9.80 Å². The lowest BCUT2D eigenvalue weighted by molar-refractivity contribution is 0.631. The minimum atomic E-state index is -0.329. The molecule has 2 nitrogen and oxygen atoms in total. The molecule has 0 aromatic heterocycles. The topological polar surface area (TPSA) is 6.48 Å². The van der Waals surface area contributed by atoms with E-state index < -0.39 is 0 Å². The van der Waals surface area contributed by atoms with Crippen LogP contribution in [0.4, 0.5) is 42.9 Å². The number of rotatable bonds is 6. The number of halogens is 2. The monoisotopic (exact) mass is 572 g/mol. The van der Waals surface area contributed by atoms with Crippen molar-refractivity contribution in [1.29, 1.82) is 0 Å². The first kappa shape index (κ1) is 25.9. The van der Waals surface area contributed by atoms with Gasteiger partial charge in [0.2, 0.25) is 0 Å². The summed E-state index contributed by atoms with van der Waals surface area (Å²) in [6.07, 6.45) is 0. The molecule has 0 aliphatic carbocycles. The van der Waals surface area contributed by atoms with E-state index in [1.807, 2.05) is 155 Å². The van der Waals surface area contributed by atoms with Crippen LogP contribution >= 0.6 is 0 Å². The van der Waals surface area contributed by atoms with Gasteiger partial charge in [0.05, 0.1) is 11.4 Å². The zero-order valence-corrected chi connectivity index (χ0v) is 23.7. The fourth-order valence-electron chi connectivity index (χ4n) is 6.43. The smallest absolute Gasteiger partial charge is 0.148 e. The molecule has 4 heteroatoms. The number of hydrogen-bond acceptors (Lipinski definition) is 2. The molecule has 0 radical (unpaired) electrons. The van der Waals surface area contributed by atoms with Crippen molar-refractivity contribution in [3.63, 3.8) is 0 Å². The van der Waals surface area contributed by atoms with Crippen LogP contribution in [0.15, 0.2) is 158 Å². The largest absolute Gasteiger partial charge is 0.307 e. The molecule has 210 valence electrons. The van der Waals surface area contributed by atoms with E-state index in [4.69, 9.17) is 0 Å². The maximum atomic E-state index is 16.4. The SMILES string of the molecule is Fc1cc2ccc3cc(F)c(N(c4ccccc4)c4ccccc4)c4ccc(c1N(c1ccccc1)c1ccccc1)c2c34. The van der Waals surface area contributed by atoms with Crippen molar-refractivity contribution in [2.45, 2.75) is 0 Å². The lowest BCUT2D eigenvalue weighted by Crippen LogP contribution is -2.13. The van der Waals surface area contributed by atoms with Crippen LogP contribution in [-0.2, 0) is 0 Å². The van der Waals surface area contributed by atoms with Crippen LogP contribution in [0.1, 0.15) is 0 Å². The van der Waals surface area contributed by atoms with Crippen molar-refractivity contribution in [2.75, 3.05) is 9.80 Å². The molecule has 8 aromatic rings. The molecule has 8 aromatic carbocycles. The van der Waals surface area contributed by atoms with Gasteiger partial charge in [0.15, 0.2) is 0 Å². The summed E-state index contributed by atoms with van der Waals surface area (Å²) in [5, 5.41) is 4.85. The van der Waals surface area contributed by atoms with Crippen LogP contribution in [0.25, 0.3) is 32.3 Å². The fraction of sp³-hybridized carbons (Fsp3) is 0.